The predicted octanol–water partition coefficient (Wildman–Crippen LogP) is 5.24. The summed E-state index contributed by atoms with van der Waals surface area (Å²) in [4.78, 5) is 27.2. The number of carbonyl (C=O) groups excluding carboxylic acids is 2. The van der Waals surface area contributed by atoms with Gasteiger partial charge < -0.3 is 10.2 Å². The molecule has 6 nitrogen and oxygen atoms in total. The quantitative estimate of drug-likeness (QED) is 0.441. The minimum absolute atomic E-state index is 0.00677. The van der Waals surface area contributed by atoms with Crippen molar-refractivity contribution in [1.29, 1.82) is 0 Å². The molecule has 3 aromatic rings. The number of anilines is 1. The van der Waals surface area contributed by atoms with Crippen molar-refractivity contribution < 1.29 is 22.8 Å². The minimum Gasteiger partial charge on any atom is -0.337 e. The molecule has 1 fully saturated rings. The standard InChI is InChI=1S/C28H31F3N4O2/c1-17(2)14-21-15-25(34(3)33-21)28(37)35-12-10-19(11-13-35)18-4-6-20(7-5-18)32-26(36)16-22-23(29)8-9-24(30)27(22)31/h4-9,15,17,19H,10-14,16H2,1-3H3,(H,32,36). The zero-order chi connectivity index (χ0) is 26.7. The third-order valence-corrected chi connectivity index (χ3v) is 6.69. The minimum atomic E-state index is -1.35. The number of hydrogen-bond donors (Lipinski definition) is 1. The number of benzene rings is 2. The number of halogens is 3. The Bertz CT molecular complexity index is 1280. The second-order valence-electron chi connectivity index (χ2n) is 9.98. The number of aryl methyl sites for hydroxylation is 1. The molecule has 196 valence electrons. The number of carbonyl (C=O) groups is 2. The molecule has 37 heavy (non-hydrogen) atoms. The Morgan fingerprint density at radius 3 is 2.32 bits per heavy atom. The average molecular weight is 513 g/mol. The lowest BCUT2D eigenvalue weighted by Gasteiger charge is -2.32. The molecule has 2 amide bonds. The van der Waals surface area contributed by atoms with Crippen LogP contribution in [0.1, 0.15) is 59.9 Å². The molecule has 1 saturated heterocycles. The van der Waals surface area contributed by atoms with Crippen LogP contribution in [-0.2, 0) is 24.7 Å². The van der Waals surface area contributed by atoms with Crippen LogP contribution in [0.15, 0.2) is 42.5 Å². The van der Waals surface area contributed by atoms with E-state index in [1.807, 2.05) is 23.1 Å². The molecule has 0 saturated carbocycles. The lowest BCUT2D eigenvalue weighted by molar-refractivity contribution is -0.115. The van der Waals surface area contributed by atoms with Gasteiger partial charge in [0.25, 0.3) is 5.91 Å². The third-order valence-electron chi connectivity index (χ3n) is 6.69. The summed E-state index contributed by atoms with van der Waals surface area (Å²) in [5, 5.41) is 7.08. The highest BCUT2D eigenvalue weighted by Crippen LogP contribution is 2.30. The monoisotopic (exact) mass is 512 g/mol. The van der Waals surface area contributed by atoms with E-state index in [0.29, 0.717) is 36.5 Å². The maximum absolute atomic E-state index is 13.8. The van der Waals surface area contributed by atoms with Crippen molar-refractivity contribution in [3.05, 3.63) is 82.4 Å². The molecule has 4 rings (SSSR count). The van der Waals surface area contributed by atoms with Crippen molar-refractivity contribution in [3.63, 3.8) is 0 Å². The second-order valence-corrected chi connectivity index (χ2v) is 9.98. The molecule has 1 N–H and O–H groups in total. The average Bonchev–Trinajstić information content (AvgIpc) is 3.23. The van der Waals surface area contributed by atoms with E-state index in [0.717, 1.165) is 36.6 Å². The maximum Gasteiger partial charge on any atom is 0.272 e. The van der Waals surface area contributed by atoms with Gasteiger partial charge in [-0.05, 0) is 67.0 Å². The summed E-state index contributed by atoms with van der Waals surface area (Å²) in [6, 6.07) is 10.6. The van der Waals surface area contributed by atoms with Crippen LogP contribution in [-0.4, -0.2) is 39.6 Å². The largest absolute Gasteiger partial charge is 0.337 e. The fraction of sp³-hybridized carbons (Fsp3) is 0.393. The number of rotatable bonds is 7. The summed E-state index contributed by atoms with van der Waals surface area (Å²) in [5.41, 5.74) is 2.50. The summed E-state index contributed by atoms with van der Waals surface area (Å²) < 4.78 is 42.7. The molecule has 2 aromatic carbocycles. The second kappa shape index (κ2) is 11.2. The number of piperidine rings is 1. The predicted molar refractivity (Wildman–Crippen MR) is 135 cm³/mol. The van der Waals surface area contributed by atoms with Crippen LogP contribution in [0.2, 0.25) is 0 Å². The lowest BCUT2D eigenvalue weighted by Crippen LogP contribution is -2.38. The molecule has 1 aliphatic rings. The molecule has 0 unspecified atom stereocenters. The van der Waals surface area contributed by atoms with E-state index < -0.39 is 35.3 Å². The number of aromatic nitrogens is 2. The van der Waals surface area contributed by atoms with E-state index >= 15 is 0 Å². The Kier molecular flexibility index (Phi) is 8.00. The highest BCUT2D eigenvalue weighted by atomic mass is 19.2. The molecular formula is C28H31F3N4O2. The molecule has 0 radical (unpaired) electrons. The van der Waals surface area contributed by atoms with Crippen molar-refractivity contribution in [1.82, 2.24) is 14.7 Å². The number of amides is 2. The van der Waals surface area contributed by atoms with Gasteiger partial charge in [0.1, 0.15) is 11.5 Å². The zero-order valence-corrected chi connectivity index (χ0v) is 21.2. The first-order valence-corrected chi connectivity index (χ1v) is 12.5. The van der Waals surface area contributed by atoms with Crippen LogP contribution in [0, 0.1) is 23.4 Å². The SMILES string of the molecule is CC(C)Cc1cc(C(=O)N2CCC(c3ccc(NC(=O)Cc4c(F)ccc(F)c4F)cc3)CC2)n(C)n1. The Morgan fingerprint density at radius 1 is 1.03 bits per heavy atom. The fourth-order valence-electron chi connectivity index (χ4n) is 4.76. The van der Waals surface area contributed by atoms with Crippen LogP contribution < -0.4 is 5.32 Å². The Labute approximate surface area is 214 Å². The summed E-state index contributed by atoms with van der Waals surface area (Å²) in [6.07, 6.45) is 1.84. The first kappa shape index (κ1) is 26.4. The normalized spacial score (nSPS) is 14.3. The first-order valence-electron chi connectivity index (χ1n) is 12.5. The molecular weight excluding hydrogens is 481 g/mol. The fourth-order valence-corrected chi connectivity index (χ4v) is 4.76. The van der Waals surface area contributed by atoms with Gasteiger partial charge in [0, 0.05) is 31.4 Å². The number of likely N-dealkylation sites (tertiary alicyclic amines) is 1. The summed E-state index contributed by atoms with van der Waals surface area (Å²) in [7, 11) is 1.80. The van der Waals surface area contributed by atoms with E-state index in [9.17, 15) is 22.8 Å². The highest BCUT2D eigenvalue weighted by Gasteiger charge is 2.27. The molecule has 1 aromatic heterocycles. The van der Waals surface area contributed by atoms with Gasteiger partial charge in [-0.3, -0.25) is 14.3 Å². The van der Waals surface area contributed by atoms with Crippen LogP contribution in [0.3, 0.4) is 0 Å². The van der Waals surface area contributed by atoms with Crippen LogP contribution in [0.25, 0.3) is 0 Å². The van der Waals surface area contributed by atoms with Crippen molar-refractivity contribution in [2.45, 2.75) is 45.4 Å². The Hall–Kier alpha value is -3.62. The number of hydrogen-bond acceptors (Lipinski definition) is 3. The van der Waals surface area contributed by atoms with Gasteiger partial charge in [0.15, 0.2) is 11.6 Å². The molecule has 0 bridgehead atoms. The summed E-state index contributed by atoms with van der Waals surface area (Å²) in [5.74, 6) is -3.43. The lowest BCUT2D eigenvalue weighted by atomic mass is 9.89. The van der Waals surface area contributed by atoms with Gasteiger partial charge in [0.2, 0.25) is 5.91 Å². The Balaban J connectivity index is 1.31. The molecule has 9 heteroatoms. The van der Waals surface area contributed by atoms with E-state index in [2.05, 4.69) is 24.3 Å². The van der Waals surface area contributed by atoms with Gasteiger partial charge in [-0.15, -0.1) is 0 Å². The Morgan fingerprint density at radius 2 is 1.68 bits per heavy atom. The van der Waals surface area contributed by atoms with Crippen LogP contribution in [0.4, 0.5) is 18.9 Å². The zero-order valence-electron chi connectivity index (χ0n) is 21.2. The molecule has 2 heterocycles. The smallest absolute Gasteiger partial charge is 0.272 e. The van der Waals surface area contributed by atoms with Gasteiger partial charge in [0.05, 0.1) is 12.1 Å². The van der Waals surface area contributed by atoms with Crippen molar-refractivity contribution in [2.75, 3.05) is 18.4 Å². The third kappa shape index (κ3) is 6.21. The molecule has 0 atom stereocenters. The van der Waals surface area contributed by atoms with Gasteiger partial charge in [-0.1, -0.05) is 26.0 Å². The van der Waals surface area contributed by atoms with Crippen LogP contribution >= 0.6 is 0 Å². The molecule has 0 aliphatic carbocycles. The summed E-state index contributed by atoms with van der Waals surface area (Å²) in [6.45, 7) is 5.52. The van der Waals surface area contributed by atoms with Gasteiger partial charge >= 0.3 is 0 Å². The number of nitrogens with zero attached hydrogens (tertiary/aromatic N) is 3. The van der Waals surface area contributed by atoms with E-state index in [4.69, 9.17) is 0 Å². The van der Waals surface area contributed by atoms with Crippen LogP contribution in [0.5, 0.6) is 0 Å². The maximum atomic E-state index is 13.8. The van der Waals surface area contributed by atoms with Gasteiger partial charge in [-0.25, -0.2) is 13.2 Å². The molecule has 0 spiro atoms. The van der Waals surface area contributed by atoms with E-state index in [-0.39, 0.29) is 11.8 Å². The van der Waals surface area contributed by atoms with Crippen molar-refractivity contribution >= 4 is 17.5 Å². The first-order chi connectivity index (χ1) is 17.6. The topological polar surface area (TPSA) is 67.2 Å². The molecule has 1 aliphatic heterocycles. The van der Waals surface area contributed by atoms with Gasteiger partial charge in [-0.2, -0.15) is 5.10 Å². The van der Waals surface area contributed by atoms with E-state index in [1.54, 1.807) is 23.9 Å². The highest BCUT2D eigenvalue weighted by molar-refractivity contribution is 5.93. The van der Waals surface area contributed by atoms with Crippen molar-refractivity contribution in [3.8, 4) is 0 Å². The summed E-state index contributed by atoms with van der Waals surface area (Å²) >= 11 is 0. The van der Waals surface area contributed by atoms with E-state index in [1.165, 1.54) is 0 Å². The van der Waals surface area contributed by atoms with Crippen molar-refractivity contribution in [2.24, 2.45) is 13.0 Å². The number of nitrogens with one attached hydrogen (secondary N) is 1.